The number of rotatable bonds is 3. The van der Waals surface area contributed by atoms with Gasteiger partial charge in [0, 0.05) is 5.22 Å². The van der Waals surface area contributed by atoms with Crippen LogP contribution in [0.4, 0.5) is 13.2 Å². The molecule has 27 heavy (non-hydrogen) atoms. The second-order valence-corrected chi connectivity index (χ2v) is 6.39. The Morgan fingerprint density at radius 1 is 1.33 bits per heavy atom. The normalized spacial score (nSPS) is 17.5. The Labute approximate surface area is 151 Å². The Morgan fingerprint density at radius 3 is 2.89 bits per heavy atom. The molecule has 140 valence electrons. The zero-order chi connectivity index (χ0) is 19.2. The van der Waals surface area contributed by atoms with Crippen LogP contribution >= 0.6 is 0 Å². The maximum absolute atomic E-state index is 13.7. The number of H-pyrrole nitrogens is 1. The molecule has 0 bridgehead atoms. The SMILES string of the molecule is CC1=c2[nH]ncc2=CC(n2c(C(F)(F)F)nc3ccc(/C=C/CO)nc32)C1. The van der Waals surface area contributed by atoms with Gasteiger partial charge in [-0.3, -0.25) is 9.67 Å². The van der Waals surface area contributed by atoms with E-state index in [1.165, 1.54) is 12.1 Å². The molecule has 1 aliphatic rings. The van der Waals surface area contributed by atoms with Crippen molar-refractivity contribution in [2.75, 3.05) is 6.61 Å². The van der Waals surface area contributed by atoms with Crippen molar-refractivity contribution in [3.63, 3.8) is 0 Å². The van der Waals surface area contributed by atoms with Gasteiger partial charge in [-0.05, 0) is 37.1 Å². The number of aromatic nitrogens is 5. The average Bonchev–Trinajstić information content (AvgIpc) is 3.23. The molecule has 0 aromatic carbocycles. The Bertz CT molecular complexity index is 1160. The highest BCUT2D eigenvalue weighted by Crippen LogP contribution is 2.35. The Morgan fingerprint density at radius 2 is 2.15 bits per heavy atom. The molecule has 0 spiro atoms. The van der Waals surface area contributed by atoms with Crippen LogP contribution in [0.15, 0.2) is 24.4 Å². The molecule has 0 radical (unpaired) electrons. The summed E-state index contributed by atoms with van der Waals surface area (Å²) in [6, 6.07) is 2.50. The minimum absolute atomic E-state index is 0.156. The average molecular weight is 375 g/mol. The number of halogens is 3. The predicted octanol–water partition coefficient (Wildman–Crippen LogP) is 1.77. The van der Waals surface area contributed by atoms with Crippen molar-refractivity contribution in [2.45, 2.75) is 25.6 Å². The maximum atomic E-state index is 13.7. The van der Waals surface area contributed by atoms with Gasteiger partial charge < -0.3 is 5.11 Å². The lowest BCUT2D eigenvalue weighted by atomic mass is 10.0. The lowest BCUT2D eigenvalue weighted by Gasteiger charge is -2.21. The van der Waals surface area contributed by atoms with Gasteiger partial charge in [-0.2, -0.15) is 18.3 Å². The molecular weight excluding hydrogens is 359 g/mol. The smallest absolute Gasteiger partial charge is 0.392 e. The molecule has 0 saturated carbocycles. The first kappa shape index (κ1) is 17.5. The van der Waals surface area contributed by atoms with Crippen LogP contribution in [-0.2, 0) is 6.18 Å². The molecule has 1 aliphatic carbocycles. The van der Waals surface area contributed by atoms with E-state index in [2.05, 4.69) is 20.2 Å². The van der Waals surface area contributed by atoms with E-state index in [1.54, 1.807) is 24.4 Å². The maximum Gasteiger partial charge on any atom is 0.449 e. The molecule has 0 aliphatic heterocycles. The van der Waals surface area contributed by atoms with Gasteiger partial charge in [0.2, 0.25) is 5.82 Å². The number of pyridine rings is 1. The number of aromatic amines is 1. The van der Waals surface area contributed by atoms with Crippen molar-refractivity contribution < 1.29 is 18.3 Å². The van der Waals surface area contributed by atoms with Crippen molar-refractivity contribution in [3.8, 4) is 0 Å². The topological polar surface area (TPSA) is 79.6 Å². The molecule has 3 heterocycles. The van der Waals surface area contributed by atoms with Crippen LogP contribution in [0.25, 0.3) is 28.9 Å². The molecule has 3 aromatic heterocycles. The number of aliphatic hydroxyl groups is 1. The van der Waals surface area contributed by atoms with Gasteiger partial charge in [0.1, 0.15) is 5.52 Å². The summed E-state index contributed by atoms with van der Waals surface area (Å²) in [6.07, 6.45) is 2.16. The summed E-state index contributed by atoms with van der Waals surface area (Å²) in [4.78, 5) is 8.14. The van der Waals surface area contributed by atoms with Crippen molar-refractivity contribution in [1.29, 1.82) is 0 Å². The van der Waals surface area contributed by atoms with E-state index in [0.29, 0.717) is 12.1 Å². The predicted molar refractivity (Wildman–Crippen MR) is 93.7 cm³/mol. The first-order valence-electron chi connectivity index (χ1n) is 8.33. The van der Waals surface area contributed by atoms with Crippen LogP contribution in [0.3, 0.4) is 0 Å². The van der Waals surface area contributed by atoms with E-state index in [1.807, 2.05) is 6.92 Å². The van der Waals surface area contributed by atoms with Crippen LogP contribution in [0.2, 0.25) is 0 Å². The minimum Gasteiger partial charge on any atom is -0.392 e. The zero-order valence-electron chi connectivity index (χ0n) is 14.3. The van der Waals surface area contributed by atoms with E-state index in [0.717, 1.165) is 20.7 Å². The summed E-state index contributed by atoms with van der Waals surface area (Å²) in [7, 11) is 0. The number of alkyl halides is 3. The quantitative estimate of drug-likeness (QED) is 0.731. The lowest BCUT2D eigenvalue weighted by Crippen LogP contribution is -2.32. The largest absolute Gasteiger partial charge is 0.449 e. The number of hydrogen-bond acceptors (Lipinski definition) is 4. The van der Waals surface area contributed by atoms with Crippen molar-refractivity contribution >= 4 is 28.9 Å². The third-order valence-electron chi connectivity index (χ3n) is 4.52. The summed E-state index contributed by atoms with van der Waals surface area (Å²) in [5.74, 6) is -0.978. The van der Waals surface area contributed by atoms with Crippen molar-refractivity contribution in [3.05, 3.63) is 46.5 Å². The molecule has 4 rings (SSSR count). The molecule has 2 N–H and O–H groups in total. The lowest BCUT2D eigenvalue weighted by molar-refractivity contribution is -0.147. The van der Waals surface area contributed by atoms with E-state index < -0.39 is 18.0 Å². The molecule has 1 unspecified atom stereocenters. The van der Waals surface area contributed by atoms with E-state index >= 15 is 0 Å². The van der Waals surface area contributed by atoms with Crippen LogP contribution < -0.4 is 10.6 Å². The molecule has 0 fully saturated rings. The first-order valence-corrected chi connectivity index (χ1v) is 8.33. The Kier molecular flexibility index (Phi) is 4.11. The minimum atomic E-state index is -4.61. The molecule has 9 heteroatoms. The molecule has 0 amide bonds. The summed E-state index contributed by atoms with van der Waals surface area (Å²) in [5, 5.41) is 17.4. The van der Waals surface area contributed by atoms with Gasteiger partial charge in [-0.1, -0.05) is 12.2 Å². The fourth-order valence-electron chi connectivity index (χ4n) is 3.38. The monoisotopic (exact) mass is 375 g/mol. The Hall–Kier alpha value is -2.94. The zero-order valence-corrected chi connectivity index (χ0v) is 14.3. The fraction of sp³-hybridized carbons (Fsp3) is 0.278. The first-order chi connectivity index (χ1) is 12.9. The Balaban J connectivity index is 1.96. The molecule has 3 aromatic rings. The summed E-state index contributed by atoms with van der Waals surface area (Å²) < 4.78 is 42.2. The van der Waals surface area contributed by atoms with Gasteiger partial charge >= 0.3 is 6.18 Å². The highest BCUT2D eigenvalue weighted by Gasteiger charge is 2.39. The second kappa shape index (κ2) is 6.34. The summed E-state index contributed by atoms with van der Waals surface area (Å²) in [5.41, 5.74) is 1.70. The number of fused-ring (bicyclic) bond motifs is 2. The molecular formula is C18H16F3N5O. The molecule has 1 atom stereocenters. The van der Waals surface area contributed by atoms with Crippen LogP contribution in [0, 0.1) is 0 Å². The summed E-state index contributed by atoms with van der Waals surface area (Å²) >= 11 is 0. The van der Waals surface area contributed by atoms with Gasteiger partial charge in [-0.15, -0.1) is 0 Å². The van der Waals surface area contributed by atoms with Crippen LogP contribution in [-0.4, -0.2) is 36.4 Å². The van der Waals surface area contributed by atoms with Crippen molar-refractivity contribution in [2.24, 2.45) is 0 Å². The molecule has 0 saturated heterocycles. The summed E-state index contributed by atoms with van der Waals surface area (Å²) in [6.45, 7) is 1.69. The highest BCUT2D eigenvalue weighted by molar-refractivity contribution is 5.74. The van der Waals surface area contributed by atoms with E-state index in [-0.39, 0.29) is 17.8 Å². The van der Waals surface area contributed by atoms with Gasteiger partial charge in [0.25, 0.3) is 0 Å². The second-order valence-electron chi connectivity index (χ2n) is 6.39. The number of aliphatic hydroxyl groups excluding tert-OH is 1. The number of nitrogens with one attached hydrogen (secondary N) is 1. The van der Waals surface area contributed by atoms with Crippen LogP contribution in [0.5, 0.6) is 0 Å². The van der Waals surface area contributed by atoms with Crippen molar-refractivity contribution in [1.82, 2.24) is 24.7 Å². The molecule has 6 nitrogen and oxygen atoms in total. The third kappa shape index (κ3) is 3.03. The van der Waals surface area contributed by atoms with E-state index in [9.17, 15) is 13.2 Å². The van der Waals surface area contributed by atoms with Gasteiger partial charge in [0.05, 0.1) is 29.9 Å². The standard InChI is InChI=1S/C18H16F3N5O/c1-10-7-13(8-11-9-22-25-15(10)11)26-16-14(24-17(26)18(19,20)21)5-4-12(23-16)3-2-6-27/h2-5,8-9,13,25,27H,6-7H2,1H3/b3-2+. The third-order valence-corrected chi connectivity index (χ3v) is 4.52. The fourth-order valence-corrected chi connectivity index (χ4v) is 3.38. The van der Waals surface area contributed by atoms with E-state index in [4.69, 9.17) is 5.11 Å². The van der Waals surface area contributed by atoms with Gasteiger partial charge in [0.15, 0.2) is 5.65 Å². The highest BCUT2D eigenvalue weighted by atomic mass is 19.4. The number of nitrogens with zero attached hydrogens (tertiary/aromatic N) is 4. The number of hydrogen-bond donors (Lipinski definition) is 2. The number of imidazole rings is 1. The van der Waals surface area contributed by atoms with Crippen LogP contribution in [0.1, 0.15) is 30.9 Å². The van der Waals surface area contributed by atoms with Gasteiger partial charge in [-0.25, -0.2) is 9.97 Å².